The standard InChI is InChI=1S/C12H14F2O6S/c13-12(14,21(17,18)19)8(15)20-5-9-2-6-1-7-3-10(16,4-9)11(6,7)9/h6-7,16H,1-5H2,(H,17,18,19). The summed E-state index contributed by atoms with van der Waals surface area (Å²) in [5.74, 6) is -1.54. The average molecular weight is 324 g/mol. The van der Waals surface area contributed by atoms with Crippen molar-refractivity contribution < 1.29 is 36.4 Å². The van der Waals surface area contributed by atoms with E-state index in [4.69, 9.17) is 4.55 Å². The lowest BCUT2D eigenvalue weighted by Crippen LogP contribution is -2.94. The summed E-state index contributed by atoms with van der Waals surface area (Å²) in [5.41, 5.74) is -1.54. The molecule has 0 saturated heterocycles. The van der Waals surface area contributed by atoms with Gasteiger partial charge in [-0.1, -0.05) is 0 Å². The van der Waals surface area contributed by atoms with Crippen LogP contribution in [0.1, 0.15) is 25.7 Å². The van der Waals surface area contributed by atoms with Crippen LogP contribution in [-0.4, -0.2) is 41.5 Å². The highest BCUT2D eigenvalue weighted by Gasteiger charge is 2.94. The Labute approximate surface area is 119 Å². The second-order valence-electron chi connectivity index (χ2n) is 6.96. The first kappa shape index (κ1) is 13.8. The van der Waals surface area contributed by atoms with Crippen LogP contribution in [0.15, 0.2) is 0 Å². The third kappa shape index (κ3) is 1.15. The van der Waals surface area contributed by atoms with Crippen LogP contribution < -0.4 is 0 Å². The van der Waals surface area contributed by atoms with Crippen LogP contribution in [0.25, 0.3) is 0 Å². The Kier molecular flexibility index (Phi) is 2.14. The molecular weight excluding hydrogens is 310 g/mol. The van der Waals surface area contributed by atoms with Gasteiger partial charge in [0.05, 0.1) is 12.2 Å². The Bertz CT molecular complexity index is 657. The highest BCUT2D eigenvalue weighted by molar-refractivity contribution is 7.87. The highest BCUT2D eigenvalue weighted by atomic mass is 32.2. The molecule has 4 fully saturated rings. The zero-order valence-corrected chi connectivity index (χ0v) is 11.7. The molecule has 0 aliphatic heterocycles. The van der Waals surface area contributed by atoms with Gasteiger partial charge in [0.1, 0.15) is 0 Å². The maximum absolute atomic E-state index is 13.1. The summed E-state index contributed by atoms with van der Waals surface area (Å²) >= 11 is 0. The number of alkyl halides is 2. The van der Waals surface area contributed by atoms with Gasteiger partial charge in [0.2, 0.25) is 0 Å². The van der Waals surface area contributed by atoms with Crippen LogP contribution in [0, 0.1) is 22.7 Å². The van der Waals surface area contributed by atoms with Gasteiger partial charge in [-0.2, -0.15) is 17.2 Å². The number of halogens is 2. The number of ether oxygens (including phenoxy) is 1. The minimum atomic E-state index is -5.84. The molecule has 4 saturated carbocycles. The molecule has 2 N–H and O–H groups in total. The number of aliphatic hydroxyl groups is 1. The predicted molar refractivity (Wildman–Crippen MR) is 62.7 cm³/mol. The Hall–Kier alpha value is -0.800. The minimum absolute atomic E-state index is 0.298. The first-order chi connectivity index (χ1) is 9.50. The van der Waals surface area contributed by atoms with E-state index >= 15 is 0 Å². The van der Waals surface area contributed by atoms with Crippen molar-refractivity contribution >= 4 is 16.1 Å². The summed E-state index contributed by atoms with van der Waals surface area (Å²) in [6, 6.07) is 0. The Morgan fingerprint density at radius 3 is 2.43 bits per heavy atom. The summed E-state index contributed by atoms with van der Waals surface area (Å²) in [6.07, 6.45) is 2.83. The van der Waals surface area contributed by atoms with E-state index in [1.54, 1.807) is 0 Å². The van der Waals surface area contributed by atoms with Gasteiger partial charge in [-0.25, -0.2) is 4.79 Å². The second-order valence-corrected chi connectivity index (χ2v) is 8.43. The number of rotatable bonds is 4. The predicted octanol–water partition coefficient (Wildman–Crippen LogP) is 0.561. The van der Waals surface area contributed by atoms with Gasteiger partial charge in [0, 0.05) is 10.8 Å². The van der Waals surface area contributed by atoms with Gasteiger partial charge in [-0.05, 0) is 37.5 Å². The van der Waals surface area contributed by atoms with E-state index in [0.717, 1.165) is 6.42 Å². The number of esters is 1. The normalized spacial score (nSPS) is 49.5. The molecule has 118 valence electrons. The van der Waals surface area contributed by atoms with Crippen molar-refractivity contribution in [1.82, 2.24) is 0 Å². The van der Waals surface area contributed by atoms with Crippen molar-refractivity contribution in [3.8, 4) is 0 Å². The molecule has 6 nitrogen and oxygen atoms in total. The summed E-state index contributed by atoms with van der Waals surface area (Å²) in [4.78, 5) is 11.2. The Morgan fingerprint density at radius 2 is 1.95 bits per heavy atom. The molecule has 4 aliphatic carbocycles. The van der Waals surface area contributed by atoms with E-state index in [0.29, 0.717) is 31.1 Å². The third-order valence-corrected chi connectivity index (χ3v) is 7.21. The first-order valence-electron chi connectivity index (χ1n) is 6.75. The maximum Gasteiger partial charge on any atom is 0.465 e. The summed E-state index contributed by atoms with van der Waals surface area (Å²) in [7, 11) is -5.84. The van der Waals surface area contributed by atoms with Gasteiger partial charge in [0.25, 0.3) is 0 Å². The fourth-order valence-electron chi connectivity index (χ4n) is 5.96. The fraction of sp³-hybridized carbons (Fsp3) is 0.917. The van der Waals surface area contributed by atoms with Crippen molar-refractivity contribution in [1.29, 1.82) is 0 Å². The topological polar surface area (TPSA) is 101 Å². The van der Waals surface area contributed by atoms with Crippen molar-refractivity contribution in [3.63, 3.8) is 0 Å². The first-order valence-corrected chi connectivity index (χ1v) is 8.19. The lowest BCUT2D eigenvalue weighted by Gasteiger charge is -2.93. The molecular formula is C12H14F2O6S. The zero-order valence-electron chi connectivity index (χ0n) is 10.9. The van der Waals surface area contributed by atoms with Gasteiger partial charge in [-0.3, -0.25) is 4.55 Å². The van der Waals surface area contributed by atoms with Crippen LogP contribution in [-0.2, 0) is 19.6 Å². The summed E-state index contributed by atoms with van der Waals surface area (Å²) in [6.45, 7) is -0.327. The lowest BCUT2D eigenvalue weighted by atomic mass is 9.11. The number of hydrogen-bond acceptors (Lipinski definition) is 5. The molecule has 0 heterocycles. The van der Waals surface area contributed by atoms with Gasteiger partial charge in [0.15, 0.2) is 0 Å². The van der Waals surface area contributed by atoms with Gasteiger partial charge in [-0.15, -0.1) is 0 Å². The van der Waals surface area contributed by atoms with E-state index < -0.39 is 32.4 Å². The summed E-state index contributed by atoms with van der Waals surface area (Å²) in [5, 5.41) is 5.39. The van der Waals surface area contributed by atoms with Crippen molar-refractivity contribution in [3.05, 3.63) is 0 Å². The van der Waals surface area contributed by atoms with E-state index in [1.165, 1.54) is 0 Å². The fourth-order valence-corrected chi connectivity index (χ4v) is 6.23. The molecule has 5 unspecified atom stereocenters. The number of hydrogen-bond donors (Lipinski definition) is 2. The number of carbonyl (C=O) groups is 1. The monoisotopic (exact) mass is 324 g/mol. The van der Waals surface area contributed by atoms with E-state index in [9.17, 15) is 27.1 Å². The molecule has 0 amide bonds. The Balaban J connectivity index is 1.47. The molecule has 0 radical (unpaired) electrons. The van der Waals surface area contributed by atoms with Gasteiger partial charge >= 0.3 is 21.3 Å². The van der Waals surface area contributed by atoms with Crippen molar-refractivity contribution in [2.45, 2.75) is 36.5 Å². The third-order valence-electron chi connectivity index (χ3n) is 6.40. The largest absolute Gasteiger partial charge is 0.465 e. The van der Waals surface area contributed by atoms with E-state index in [1.807, 2.05) is 0 Å². The van der Waals surface area contributed by atoms with Crippen LogP contribution in [0.4, 0.5) is 8.78 Å². The molecule has 1 spiro atoms. The molecule has 0 aromatic carbocycles. The number of carbonyl (C=O) groups excluding carboxylic acids is 1. The maximum atomic E-state index is 13.1. The molecule has 4 aliphatic rings. The van der Waals surface area contributed by atoms with Crippen LogP contribution in [0.2, 0.25) is 0 Å². The summed E-state index contributed by atoms with van der Waals surface area (Å²) < 4.78 is 60.0. The second kappa shape index (κ2) is 3.26. The highest BCUT2D eigenvalue weighted by Crippen LogP contribution is 2.94. The molecule has 0 aromatic rings. The SMILES string of the molecule is O=C(OCC12CC3CC4CC(O)(C1)C432)C(F)(F)S(=O)(=O)O. The molecule has 0 bridgehead atoms. The average Bonchev–Trinajstić information content (AvgIpc) is 2.27. The van der Waals surface area contributed by atoms with Crippen LogP contribution in [0.5, 0.6) is 0 Å². The minimum Gasteiger partial charge on any atom is -0.460 e. The van der Waals surface area contributed by atoms with Crippen LogP contribution in [0.3, 0.4) is 0 Å². The van der Waals surface area contributed by atoms with E-state index in [-0.39, 0.29) is 12.0 Å². The molecule has 9 heteroatoms. The van der Waals surface area contributed by atoms with Crippen molar-refractivity contribution in [2.75, 3.05) is 6.61 Å². The smallest absolute Gasteiger partial charge is 0.460 e. The molecule has 21 heavy (non-hydrogen) atoms. The molecule has 4 rings (SSSR count). The van der Waals surface area contributed by atoms with E-state index in [2.05, 4.69) is 4.74 Å². The lowest BCUT2D eigenvalue weighted by molar-refractivity contribution is -0.498. The van der Waals surface area contributed by atoms with Gasteiger partial charge < -0.3 is 9.84 Å². The molecule has 0 aromatic heterocycles. The molecule has 5 atom stereocenters. The quantitative estimate of drug-likeness (QED) is 0.579. The Morgan fingerprint density at radius 1 is 1.33 bits per heavy atom. The van der Waals surface area contributed by atoms with Crippen LogP contribution >= 0.6 is 0 Å². The van der Waals surface area contributed by atoms with Crippen molar-refractivity contribution in [2.24, 2.45) is 22.7 Å². The zero-order chi connectivity index (χ0) is 15.5.